The van der Waals surface area contributed by atoms with E-state index in [1.165, 1.54) is 0 Å². The van der Waals surface area contributed by atoms with Gasteiger partial charge in [0.2, 0.25) is 5.91 Å². The lowest BCUT2D eigenvalue weighted by Gasteiger charge is -2.12. The molecule has 0 fully saturated rings. The van der Waals surface area contributed by atoms with Crippen molar-refractivity contribution < 1.29 is 4.79 Å². The minimum Gasteiger partial charge on any atom is -0.356 e. The maximum atomic E-state index is 11.6. The highest BCUT2D eigenvalue weighted by atomic mass is 16.1. The van der Waals surface area contributed by atoms with E-state index in [1.807, 2.05) is 13.8 Å². The molecule has 4 heteroatoms. The predicted octanol–water partition coefficient (Wildman–Crippen LogP) is 0.995. The molecule has 0 aliphatic rings. The average molecular weight is 229 g/mol. The van der Waals surface area contributed by atoms with E-state index >= 15 is 0 Å². The first kappa shape index (κ1) is 15.4. The van der Waals surface area contributed by atoms with Gasteiger partial charge in [0, 0.05) is 18.5 Å². The van der Waals surface area contributed by atoms with E-state index < -0.39 is 0 Å². The molecule has 0 saturated heterocycles. The second kappa shape index (κ2) is 9.60. The molecule has 1 amide bonds. The van der Waals surface area contributed by atoms with Gasteiger partial charge in [0.25, 0.3) is 0 Å². The number of carbonyl (C=O) groups is 1. The van der Waals surface area contributed by atoms with Gasteiger partial charge in [0.05, 0.1) is 0 Å². The van der Waals surface area contributed by atoms with Crippen molar-refractivity contribution in [2.24, 2.45) is 17.4 Å². The Labute approximate surface area is 99.1 Å². The van der Waals surface area contributed by atoms with Crippen LogP contribution < -0.4 is 16.8 Å². The highest BCUT2D eigenvalue weighted by Crippen LogP contribution is 2.08. The van der Waals surface area contributed by atoms with Gasteiger partial charge in [0.1, 0.15) is 0 Å². The Morgan fingerprint density at radius 2 is 1.88 bits per heavy atom. The standard InChI is InChI=1S/C12H27N3O/c1-10(6-5-7-11(2)14)12(16)15-9-4-3-8-13/h10-11H,3-9,13-14H2,1-2H3,(H,15,16). The third kappa shape index (κ3) is 8.68. The Balaban J connectivity index is 3.49. The van der Waals surface area contributed by atoms with Crippen LogP contribution in [0.3, 0.4) is 0 Å². The van der Waals surface area contributed by atoms with Crippen molar-refractivity contribution in [3.05, 3.63) is 0 Å². The highest BCUT2D eigenvalue weighted by molar-refractivity contribution is 5.78. The molecule has 0 aliphatic carbocycles. The molecule has 0 heterocycles. The van der Waals surface area contributed by atoms with Gasteiger partial charge in [-0.1, -0.05) is 13.3 Å². The van der Waals surface area contributed by atoms with Crippen molar-refractivity contribution in [3.63, 3.8) is 0 Å². The number of rotatable bonds is 9. The van der Waals surface area contributed by atoms with E-state index in [2.05, 4.69) is 5.32 Å². The topological polar surface area (TPSA) is 81.1 Å². The van der Waals surface area contributed by atoms with Gasteiger partial charge in [-0.2, -0.15) is 0 Å². The first-order chi connectivity index (χ1) is 7.57. The Hall–Kier alpha value is -0.610. The summed E-state index contributed by atoms with van der Waals surface area (Å²) in [5.41, 5.74) is 11.0. The van der Waals surface area contributed by atoms with Gasteiger partial charge in [0.15, 0.2) is 0 Å². The van der Waals surface area contributed by atoms with Gasteiger partial charge in [-0.3, -0.25) is 4.79 Å². The van der Waals surface area contributed by atoms with Crippen LogP contribution in [0.2, 0.25) is 0 Å². The summed E-state index contributed by atoms with van der Waals surface area (Å²) < 4.78 is 0. The minimum atomic E-state index is 0.0941. The molecule has 0 saturated carbocycles. The first-order valence-electron chi connectivity index (χ1n) is 6.31. The highest BCUT2D eigenvalue weighted by Gasteiger charge is 2.11. The maximum absolute atomic E-state index is 11.6. The van der Waals surface area contributed by atoms with Gasteiger partial charge in [-0.15, -0.1) is 0 Å². The van der Waals surface area contributed by atoms with Crippen LogP contribution in [0.25, 0.3) is 0 Å². The maximum Gasteiger partial charge on any atom is 0.222 e. The molecule has 96 valence electrons. The van der Waals surface area contributed by atoms with E-state index in [9.17, 15) is 4.79 Å². The summed E-state index contributed by atoms with van der Waals surface area (Å²) in [6.45, 7) is 5.41. The first-order valence-corrected chi connectivity index (χ1v) is 6.31. The van der Waals surface area contributed by atoms with Gasteiger partial charge >= 0.3 is 0 Å². The van der Waals surface area contributed by atoms with E-state index in [0.717, 1.165) is 38.6 Å². The normalized spacial score (nSPS) is 14.5. The number of hydrogen-bond donors (Lipinski definition) is 3. The Morgan fingerprint density at radius 3 is 2.44 bits per heavy atom. The van der Waals surface area contributed by atoms with E-state index in [0.29, 0.717) is 6.54 Å². The smallest absolute Gasteiger partial charge is 0.222 e. The van der Waals surface area contributed by atoms with Gasteiger partial charge in [-0.05, 0) is 39.2 Å². The average Bonchev–Trinajstić information content (AvgIpc) is 2.23. The summed E-state index contributed by atoms with van der Waals surface area (Å²) in [6.07, 6.45) is 4.87. The molecular weight excluding hydrogens is 202 g/mol. The zero-order valence-corrected chi connectivity index (χ0v) is 10.7. The lowest BCUT2D eigenvalue weighted by molar-refractivity contribution is -0.124. The van der Waals surface area contributed by atoms with E-state index in [1.54, 1.807) is 0 Å². The summed E-state index contributed by atoms with van der Waals surface area (Å²) in [6, 6.07) is 0.236. The van der Waals surface area contributed by atoms with Crippen molar-refractivity contribution in [1.29, 1.82) is 0 Å². The van der Waals surface area contributed by atoms with Crippen molar-refractivity contribution in [2.75, 3.05) is 13.1 Å². The summed E-state index contributed by atoms with van der Waals surface area (Å²) in [4.78, 5) is 11.6. The zero-order chi connectivity index (χ0) is 12.4. The van der Waals surface area contributed by atoms with Crippen LogP contribution >= 0.6 is 0 Å². The van der Waals surface area contributed by atoms with Gasteiger partial charge in [-0.25, -0.2) is 0 Å². The number of nitrogens with two attached hydrogens (primary N) is 2. The quantitative estimate of drug-likeness (QED) is 0.516. The summed E-state index contributed by atoms with van der Waals surface area (Å²) in [7, 11) is 0. The second-order valence-electron chi connectivity index (χ2n) is 4.60. The molecule has 4 nitrogen and oxygen atoms in total. The summed E-state index contributed by atoms with van der Waals surface area (Å²) in [5.74, 6) is 0.248. The molecule has 0 aliphatic heterocycles. The molecule has 0 radical (unpaired) electrons. The van der Waals surface area contributed by atoms with Crippen LogP contribution in [0.1, 0.15) is 46.0 Å². The second-order valence-corrected chi connectivity index (χ2v) is 4.60. The molecule has 0 aromatic rings. The molecule has 0 spiro atoms. The lowest BCUT2D eigenvalue weighted by atomic mass is 10.0. The fourth-order valence-electron chi connectivity index (χ4n) is 1.53. The molecule has 0 rings (SSSR count). The molecular formula is C12H27N3O. The van der Waals surface area contributed by atoms with Crippen LogP contribution in [0.4, 0.5) is 0 Å². The monoisotopic (exact) mass is 229 g/mol. The molecule has 0 aromatic heterocycles. The molecule has 16 heavy (non-hydrogen) atoms. The third-order valence-corrected chi connectivity index (χ3v) is 2.67. The summed E-state index contributed by atoms with van der Waals surface area (Å²) >= 11 is 0. The number of nitrogens with one attached hydrogen (secondary N) is 1. The molecule has 5 N–H and O–H groups in total. The fourth-order valence-corrected chi connectivity index (χ4v) is 1.53. The lowest BCUT2D eigenvalue weighted by Crippen LogP contribution is -2.30. The Bertz CT molecular complexity index is 183. The molecule has 0 aromatic carbocycles. The van der Waals surface area contributed by atoms with Crippen LogP contribution in [-0.4, -0.2) is 25.0 Å². The number of amides is 1. The van der Waals surface area contributed by atoms with Crippen LogP contribution in [-0.2, 0) is 4.79 Å². The van der Waals surface area contributed by atoms with Crippen molar-refractivity contribution in [3.8, 4) is 0 Å². The Morgan fingerprint density at radius 1 is 1.19 bits per heavy atom. The fraction of sp³-hybridized carbons (Fsp3) is 0.917. The van der Waals surface area contributed by atoms with Crippen LogP contribution in [0, 0.1) is 5.92 Å². The van der Waals surface area contributed by atoms with Crippen molar-refractivity contribution >= 4 is 5.91 Å². The molecule has 2 unspecified atom stereocenters. The van der Waals surface area contributed by atoms with Gasteiger partial charge < -0.3 is 16.8 Å². The minimum absolute atomic E-state index is 0.0941. The van der Waals surface area contributed by atoms with E-state index in [-0.39, 0.29) is 17.9 Å². The molecule has 0 bridgehead atoms. The number of unbranched alkanes of at least 4 members (excludes halogenated alkanes) is 1. The zero-order valence-electron chi connectivity index (χ0n) is 10.7. The number of hydrogen-bond acceptors (Lipinski definition) is 3. The molecule has 2 atom stereocenters. The predicted molar refractivity (Wildman–Crippen MR) is 68.0 cm³/mol. The largest absolute Gasteiger partial charge is 0.356 e. The Kier molecular flexibility index (Phi) is 9.24. The summed E-state index contributed by atoms with van der Waals surface area (Å²) in [5, 5.41) is 2.93. The third-order valence-electron chi connectivity index (χ3n) is 2.67. The van der Waals surface area contributed by atoms with Crippen LogP contribution in [0.15, 0.2) is 0 Å². The van der Waals surface area contributed by atoms with E-state index in [4.69, 9.17) is 11.5 Å². The number of carbonyl (C=O) groups excluding carboxylic acids is 1. The van der Waals surface area contributed by atoms with Crippen molar-refractivity contribution in [2.45, 2.75) is 52.0 Å². The SMILES string of the molecule is CC(N)CCCC(C)C(=O)NCCCCN. The van der Waals surface area contributed by atoms with Crippen molar-refractivity contribution in [1.82, 2.24) is 5.32 Å². The van der Waals surface area contributed by atoms with Crippen LogP contribution in [0.5, 0.6) is 0 Å².